The van der Waals surface area contributed by atoms with Gasteiger partial charge in [0.1, 0.15) is 0 Å². The third-order valence-corrected chi connectivity index (χ3v) is 2.74. The molecule has 3 nitrogen and oxygen atoms in total. The second-order valence-electron chi connectivity index (χ2n) is 4.19. The lowest BCUT2D eigenvalue weighted by Gasteiger charge is -2.21. The second-order valence-corrected chi connectivity index (χ2v) is 4.19. The van der Waals surface area contributed by atoms with Crippen molar-refractivity contribution in [1.29, 1.82) is 0 Å². The molecule has 0 radical (unpaired) electrons. The quantitative estimate of drug-likeness (QED) is 0.666. The van der Waals surface area contributed by atoms with Gasteiger partial charge in [0.25, 0.3) is 0 Å². The molecule has 0 spiro atoms. The topological polar surface area (TPSA) is 32.7 Å². The average Bonchev–Trinajstić information content (AvgIpc) is 2.36. The van der Waals surface area contributed by atoms with Gasteiger partial charge in [-0.25, -0.2) is 0 Å². The summed E-state index contributed by atoms with van der Waals surface area (Å²) >= 11 is 0. The first-order chi connectivity index (χ1) is 8.36. The van der Waals surface area contributed by atoms with Crippen LogP contribution in [0.25, 0.3) is 0 Å². The summed E-state index contributed by atoms with van der Waals surface area (Å²) < 4.78 is 5.03. The SMILES string of the molecule is COCCCCN(CCO)Cc1ccccc1. The standard InChI is InChI=1S/C14H23NO2/c1-17-12-6-5-9-15(10-11-16)13-14-7-3-2-4-8-14/h2-4,7-8,16H,5-6,9-13H2,1H3. The van der Waals surface area contributed by atoms with E-state index in [2.05, 4.69) is 29.2 Å². The predicted molar refractivity (Wildman–Crippen MR) is 69.9 cm³/mol. The first-order valence-electron chi connectivity index (χ1n) is 6.23. The number of nitrogens with zero attached hydrogens (tertiary/aromatic N) is 1. The number of ether oxygens (including phenoxy) is 1. The van der Waals surface area contributed by atoms with E-state index in [-0.39, 0.29) is 6.61 Å². The normalized spacial score (nSPS) is 11.0. The van der Waals surface area contributed by atoms with Crippen LogP contribution in [0.15, 0.2) is 30.3 Å². The molecule has 0 aliphatic carbocycles. The van der Waals surface area contributed by atoms with Crippen LogP contribution in [0.3, 0.4) is 0 Å². The number of aliphatic hydroxyl groups is 1. The van der Waals surface area contributed by atoms with Gasteiger partial charge in [-0.1, -0.05) is 30.3 Å². The Labute approximate surface area is 104 Å². The Kier molecular flexibility index (Phi) is 7.63. The van der Waals surface area contributed by atoms with Crippen molar-refractivity contribution in [2.75, 3.05) is 33.4 Å². The zero-order valence-electron chi connectivity index (χ0n) is 10.6. The van der Waals surface area contributed by atoms with Crippen LogP contribution in [-0.2, 0) is 11.3 Å². The first kappa shape index (κ1) is 14.2. The highest BCUT2D eigenvalue weighted by atomic mass is 16.5. The van der Waals surface area contributed by atoms with E-state index < -0.39 is 0 Å². The highest BCUT2D eigenvalue weighted by molar-refractivity contribution is 5.14. The lowest BCUT2D eigenvalue weighted by atomic mass is 10.2. The predicted octanol–water partition coefficient (Wildman–Crippen LogP) is 1.91. The molecule has 0 saturated heterocycles. The van der Waals surface area contributed by atoms with Crippen LogP contribution in [0.4, 0.5) is 0 Å². The zero-order chi connectivity index (χ0) is 12.3. The van der Waals surface area contributed by atoms with Crippen LogP contribution < -0.4 is 0 Å². The molecule has 1 aromatic carbocycles. The molecule has 0 unspecified atom stereocenters. The maximum Gasteiger partial charge on any atom is 0.0558 e. The number of unbranched alkanes of at least 4 members (excludes halogenated alkanes) is 1. The molecular formula is C14H23NO2. The van der Waals surface area contributed by atoms with E-state index in [1.165, 1.54) is 5.56 Å². The van der Waals surface area contributed by atoms with Gasteiger partial charge < -0.3 is 9.84 Å². The van der Waals surface area contributed by atoms with Crippen molar-refractivity contribution < 1.29 is 9.84 Å². The van der Waals surface area contributed by atoms with Crippen LogP contribution >= 0.6 is 0 Å². The Balaban J connectivity index is 2.32. The fourth-order valence-electron chi connectivity index (χ4n) is 1.83. The number of benzene rings is 1. The second kappa shape index (κ2) is 9.16. The highest BCUT2D eigenvalue weighted by Gasteiger charge is 2.04. The third kappa shape index (κ3) is 6.41. The molecule has 0 bridgehead atoms. The highest BCUT2D eigenvalue weighted by Crippen LogP contribution is 2.05. The van der Waals surface area contributed by atoms with Gasteiger partial charge in [0.2, 0.25) is 0 Å². The van der Waals surface area contributed by atoms with Gasteiger partial charge in [0.05, 0.1) is 6.61 Å². The number of hydrogen-bond donors (Lipinski definition) is 1. The lowest BCUT2D eigenvalue weighted by Crippen LogP contribution is -2.27. The number of rotatable bonds is 9. The minimum absolute atomic E-state index is 0.219. The average molecular weight is 237 g/mol. The molecule has 1 N–H and O–H groups in total. The Morgan fingerprint density at radius 2 is 1.88 bits per heavy atom. The molecule has 1 rings (SSSR count). The molecule has 0 fully saturated rings. The number of aliphatic hydroxyl groups excluding tert-OH is 1. The molecule has 1 aromatic rings. The molecule has 96 valence electrons. The van der Waals surface area contributed by atoms with E-state index in [4.69, 9.17) is 9.84 Å². The Morgan fingerprint density at radius 1 is 1.12 bits per heavy atom. The monoisotopic (exact) mass is 237 g/mol. The molecule has 0 heterocycles. The third-order valence-electron chi connectivity index (χ3n) is 2.74. The molecule has 0 aliphatic rings. The summed E-state index contributed by atoms with van der Waals surface area (Å²) in [5.74, 6) is 0. The van der Waals surface area contributed by atoms with Crippen molar-refractivity contribution in [3.05, 3.63) is 35.9 Å². The fourth-order valence-corrected chi connectivity index (χ4v) is 1.83. The van der Waals surface area contributed by atoms with Crippen LogP contribution in [0.1, 0.15) is 18.4 Å². The van der Waals surface area contributed by atoms with Crippen molar-refractivity contribution in [2.45, 2.75) is 19.4 Å². The summed E-state index contributed by atoms with van der Waals surface area (Å²) in [6.45, 7) is 3.70. The maximum atomic E-state index is 9.05. The summed E-state index contributed by atoms with van der Waals surface area (Å²) in [5.41, 5.74) is 1.30. The van der Waals surface area contributed by atoms with Crippen LogP contribution in [0.5, 0.6) is 0 Å². The number of methoxy groups -OCH3 is 1. The van der Waals surface area contributed by atoms with E-state index in [9.17, 15) is 0 Å². The minimum atomic E-state index is 0.219. The van der Waals surface area contributed by atoms with Gasteiger partial charge in [-0.2, -0.15) is 0 Å². The Bertz CT molecular complexity index is 277. The van der Waals surface area contributed by atoms with Crippen LogP contribution in [-0.4, -0.2) is 43.4 Å². The van der Waals surface area contributed by atoms with Crippen molar-refractivity contribution in [1.82, 2.24) is 4.90 Å². The van der Waals surface area contributed by atoms with Gasteiger partial charge in [-0.3, -0.25) is 4.90 Å². The molecule has 0 aromatic heterocycles. The van der Waals surface area contributed by atoms with E-state index in [1.54, 1.807) is 7.11 Å². The van der Waals surface area contributed by atoms with Gasteiger partial charge in [0.15, 0.2) is 0 Å². The fraction of sp³-hybridized carbons (Fsp3) is 0.571. The molecule has 0 amide bonds. The van der Waals surface area contributed by atoms with E-state index in [1.807, 2.05) is 6.07 Å². The molecular weight excluding hydrogens is 214 g/mol. The maximum absolute atomic E-state index is 9.05. The Morgan fingerprint density at radius 3 is 2.53 bits per heavy atom. The molecule has 3 heteroatoms. The summed E-state index contributed by atoms with van der Waals surface area (Å²) in [7, 11) is 1.73. The largest absolute Gasteiger partial charge is 0.395 e. The van der Waals surface area contributed by atoms with E-state index >= 15 is 0 Å². The Hall–Kier alpha value is -0.900. The van der Waals surface area contributed by atoms with Gasteiger partial charge in [-0.05, 0) is 24.9 Å². The van der Waals surface area contributed by atoms with Crippen LogP contribution in [0.2, 0.25) is 0 Å². The first-order valence-corrected chi connectivity index (χ1v) is 6.23. The number of hydrogen-bond acceptors (Lipinski definition) is 3. The van der Waals surface area contributed by atoms with E-state index in [0.29, 0.717) is 0 Å². The van der Waals surface area contributed by atoms with Gasteiger partial charge >= 0.3 is 0 Å². The summed E-state index contributed by atoms with van der Waals surface area (Å²) in [6, 6.07) is 10.4. The van der Waals surface area contributed by atoms with Gasteiger partial charge in [0, 0.05) is 26.8 Å². The molecule has 0 saturated carbocycles. The van der Waals surface area contributed by atoms with Crippen molar-refractivity contribution in [3.63, 3.8) is 0 Å². The lowest BCUT2D eigenvalue weighted by molar-refractivity contribution is 0.167. The van der Waals surface area contributed by atoms with Gasteiger partial charge in [-0.15, -0.1) is 0 Å². The smallest absolute Gasteiger partial charge is 0.0558 e. The zero-order valence-corrected chi connectivity index (χ0v) is 10.6. The molecule has 0 aliphatic heterocycles. The van der Waals surface area contributed by atoms with Crippen molar-refractivity contribution in [2.24, 2.45) is 0 Å². The summed E-state index contributed by atoms with van der Waals surface area (Å²) in [6.07, 6.45) is 2.19. The minimum Gasteiger partial charge on any atom is -0.395 e. The van der Waals surface area contributed by atoms with Crippen molar-refractivity contribution >= 4 is 0 Å². The van der Waals surface area contributed by atoms with E-state index in [0.717, 1.165) is 39.1 Å². The van der Waals surface area contributed by atoms with Crippen LogP contribution in [0, 0.1) is 0 Å². The van der Waals surface area contributed by atoms with Crippen molar-refractivity contribution in [3.8, 4) is 0 Å². The summed E-state index contributed by atoms with van der Waals surface area (Å²) in [4.78, 5) is 2.28. The summed E-state index contributed by atoms with van der Waals surface area (Å²) in [5, 5.41) is 9.05. The molecule has 0 atom stereocenters. The molecule has 17 heavy (non-hydrogen) atoms.